The van der Waals surface area contributed by atoms with E-state index >= 15 is 0 Å². The van der Waals surface area contributed by atoms with Crippen LogP contribution in [-0.4, -0.2) is 54.9 Å². The number of anilines is 1. The molecule has 7 nitrogen and oxygen atoms in total. The van der Waals surface area contributed by atoms with Crippen molar-refractivity contribution in [1.82, 2.24) is 9.88 Å². The SMILES string of the molecule is [C-]#[N+]c1c(N2CCCN(C)CC2)nc(SCc2ccc(CCC(=O)[C@@H](C)N)cc2)c(C#N)c1CC. The Morgan fingerprint density at radius 1 is 1.26 bits per heavy atom. The van der Waals surface area contributed by atoms with Crippen LogP contribution in [0.4, 0.5) is 11.5 Å². The quantitative estimate of drug-likeness (QED) is 0.413. The van der Waals surface area contributed by atoms with Gasteiger partial charge in [0.15, 0.2) is 0 Å². The molecule has 0 saturated carbocycles. The summed E-state index contributed by atoms with van der Waals surface area (Å²) in [7, 11) is 2.12. The van der Waals surface area contributed by atoms with Crippen LogP contribution in [0.5, 0.6) is 0 Å². The van der Waals surface area contributed by atoms with Gasteiger partial charge in [0.25, 0.3) is 0 Å². The number of hydrogen-bond donors (Lipinski definition) is 1. The molecule has 3 rings (SSSR count). The topological polar surface area (TPSA) is 90.6 Å². The fraction of sp³-hybridized carbons (Fsp3) is 0.481. The highest BCUT2D eigenvalue weighted by Gasteiger charge is 2.24. The minimum atomic E-state index is -0.421. The molecule has 2 heterocycles. The predicted octanol–water partition coefficient (Wildman–Crippen LogP) is 4.35. The summed E-state index contributed by atoms with van der Waals surface area (Å²) in [5, 5.41) is 10.6. The Morgan fingerprint density at radius 3 is 2.60 bits per heavy atom. The summed E-state index contributed by atoms with van der Waals surface area (Å²) in [6.45, 7) is 15.2. The van der Waals surface area contributed by atoms with Crippen molar-refractivity contribution in [3.05, 3.63) is 57.9 Å². The summed E-state index contributed by atoms with van der Waals surface area (Å²) in [5.74, 6) is 1.45. The lowest BCUT2D eigenvalue weighted by Gasteiger charge is -2.25. The first-order valence-corrected chi connectivity index (χ1v) is 13.1. The zero-order chi connectivity index (χ0) is 25.4. The van der Waals surface area contributed by atoms with E-state index in [1.54, 1.807) is 18.7 Å². The predicted molar refractivity (Wildman–Crippen MR) is 142 cm³/mol. The third kappa shape index (κ3) is 6.82. The molecule has 0 unspecified atom stereocenters. The van der Waals surface area contributed by atoms with Gasteiger partial charge in [-0.25, -0.2) is 9.83 Å². The molecule has 184 valence electrons. The number of benzene rings is 1. The number of hydrogen-bond acceptors (Lipinski definition) is 7. The van der Waals surface area contributed by atoms with Crippen LogP contribution in [0, 0.1) is 17.9 Å². The first-order chi connectivity index (χ1) is 16.9. The van der Waals surface area contributed by atoms with Crippen molar-refractivity contribution in [2.75, 3.05) is 38.1 Å². The number of nitrogens with two attached hydrogens (primary N) is 1. The molecule has 1 aliphatic heterocycles. The summed E-state index contributed by atoms with van der Waals surface area (Å²) < 4.78 is 0. The number of nitriles is 1. The van der Waals surface area contributed by atoms with Gasteiger partial charge in [-0.05, 0) is 56.5 Å². The molecule has 0 aliphatic carbocycles. The summed E-state index contributed by atoms with van der Waals surface area (Å²) in [6, 6.07) is 10.1. The van der Waals surface area contributed by atoms with Crippen molar-refractivity contribution in [1.29, 1.82) is 5.26 Å². The van der Waals surface area contributed by atoms with Crippen molar-refractivity contribution in [3.8, 4) is 6.07 Å². The number of nitrogens with zero attached hydrogens (tertiary/aromatic N) is 5. The van der Waals surface area contributed by atoms with Gasteiger partial charge in [-0.15, -0.1) is 11.8 Å². The standard InChI is InChI=1S/C27H34N6OS/c1-5-22-23(17-28)27(31-26(25(22)30-3)33-14-6-13-32(4)15-16-33)35-18-21-9-7-20(8-10-21)11-12-24(34)19(2)29/h7-10,19H,5-6,11-16,18,29H2,1-2,4H3/t19-/m1/s1. The van der Waals surface area contributed by atoms with E-state index in [2.05, 4.69) is 39.9 Å². The molecule has 1 atom stereocenters. The lowest BCUT2D eigenvalue weighted by Crippen LogP contribution is -2.29. The fourth-order valence-corrected chi connectivity index (χ4v) is 5.16. The van der Waals surface area contributed by atoms with E-state index in [1.165, 1.54) is 0 Å². The van der Waals surface area contributed by atoms with Crippen molar-refractivity contribution < 1.29 is 4.79 Å². The summed E-state index contributed by atoms with van der Waals surface area (Å²) in [5.41, 5.74) is 9.70. The number of rotatable bonds is 9. The maximum atomic E-state index is 11.8. The molecule has 0 amide bonds. The normalized spacial score (nSPS) is 15.2. The highest BCUT2D eigenvalue weighted by atomic mass is 32.2. The van der Waals surface area contributed by atoms with E-state index in [0.29, 0.717) is 47.1 Å². The molecular formula is C27H34N6OS. The third-order valence-electron chi connectivity index (χ3n) is 6.38. The first-order valence-electron chi connectivity index (χ1n) is 12.1. The monoisotopic (exact) mass is 490 g/mol. The fourth-order valence-electron chi connectivity index (χ4n) is 4.20. The summed E-state index contributed by atoms with van der Waals surface area (Å²) in [4.78, 5) is 25.0. The second kappa shape index (κ2) is 12.7. The molecule has 0 radical (unpaired) electrons. The average molecular weight is 491 g/mol. The highest BCUT2D eigenvalue weighted by Crippen LogP contribution is 2.39. The van der Waals surface area contributed by atoms with Gasteiger partial charge in [0.2, 0.25) is 5.69 Å². The number of pyridine rings is 1. The van der Waals surface area contributed by atoms with Crippen LogP contribution >= 0.6 is 11.8 Å². The Hall–Kier alpha value is -2.91. The smallest absolute Gasteiger partial charge is 0.232 e. The average Bonchev–Trinajstić information content (AvgIpc) is 3.09. The van der Waals surface area contributed by atoms with Crippen molar-refractivity contribution in [2.45, 2.75) is 56.4 Å². The van der Waals surface area contributed by atoms with E-state index in [1.807, 2.05) is 19.1 Å². The van der Waals surface area contributed by atoms with Crippen molar-refractivity contribution in [3.63, 3.8) is 0 Å². The Kier molecular flexibility index (Phi) is 9.68. The maximum Gasteiger partial charge on any atom is 0.232 e. The van der Waals surface area contributed by atoms with Gasteiger partial charge in [0.05, 0.1) is 18.2 Å². The first kappa shape index (κ1) is 26.7. The molecule has 1 aromatic carbocycles. The van der Waals surface area contributed by atoms with E-state index < -0.39 is 6.04 Å². The van der Waals surface area contributed by atoms with Gasteiger partial charge in [0, 0.05) is 31.8 Å². The van der Waals surface area contributed by atoms with Crippen LogP contribution in [-0.2, 0) is 23.4 Å². The Labute approximate surface area is 213 Å². The van der Waals surface area contributed by atoms with Gasteiger partial charge >= 0.3 is 0 Å². The molecule has 1 aromatic heterocycles. The molecule has 2 aromatic rings. The van der Waals surface area contributed by atoms with Crippen LogP contribution in [0.25, 0.3) is 4.85 Å². The van der Waals surface area contributed by atoms with Gasteiger partial charge in [0.1, 0.15) is 22.7 Å². The second-order valence-corrected chi connectivity index (χ2v) is 9.99. The molecule has 1 fully saturated rings. The molecule has 1 saturated heterocycles. The molecule has 1 aliphatic rings. The van der Waals surface area contributed by atoms with Gasteiger partial charge < -0.3 is 15.5 Å². The minimum Gasteiger partial charge on any atom is -0.364 e. The Bertz CT molecular complexity index is 1120. The number of thioether (sulfide) groups is 1. The third-order valence-corrected chi connectivity index (χ3v) is 7.43. The number of aryl methyl sites for hydroxylation is 1. The van der Waals surface area contributed by atoms with Crippen LogP contribution in [0.1, 0.15) is 48.9 Å². The number of likely N-dealkylation sites (N-methyl/N-ethyl adjacent to an activating group) is 1. The van der Waals surface area contributed by atoms with E-state index in [-0.39, 0.29) is 5.78 Å². The zero-order valence-electron chi connectivity index (χ0n) is 20.9. The summed E-state index contributed by atoms with van der Waals surface area (Å²) in [6.07, 6.45) is 2.76. The minimum absolute atomic E-state index is 0.0705. The van der Waals surface area contributed by atoms with Gasteiger partial charge in [-0.1, -0.05) is 31.2 Å². The van der Waals surface area contributed by atoms with E-state index in [9.17, 15) is 10.1 Å². The van der Waals surface area contributed by atoms with Crippen LogP contribution < -0.4 is 10.6 Å². The largest absolute Gasteiger partial charge is 0.364 e. The van der Waals surface area contributed by atoms with Gasteiger partial charge in [-0.3, -0.25) is 4.79 Å². The molecule has 8 heteroatoms. The second-order valence-electron chi connectivity index (χ2n) is 9.02. The van der Waals surface area contributed by atoms with E-state index in [0.717, 1.165) is 49.3 Å². The Balaban J connectivity index is 1.81. The van der Waals surface area contributed by atoms with Crippen LogP contribution in [0.15, 0.2) is 29.3 Å². The highest BCUT2D eigenvalue weighted by molar-refractivity contribution is 7.98. The molecular weight excluding hydrogens is 456 g/mol. The van der Waals surface area contributed by atoms with Crippen LogP contribution in [0.2, 0.25) is 0 Å². The molecule has 0 spiro atoms. The zero-order valence-corrected chi connectivity index (χ0v) is 21.7. The number of aromatic nitrogens is 1. The molecule has 2 N–H and O–H groups in total. The van der Waals surface area contributed by atoms with Crippen molar-refractivity contribution in [2.24, 2.45) is 5.73 Å². The lowest BCUT2D eigenvalue weighted by molar-refractivity contribution is -0.119. The molecule has 35 heavy (non-hydrogen) atoms. The Morgan fingerprint density at radius 2 is 1.97 bits per heavy atom. The number of Topliss-reactive ketones (excluding diaryl/α,β-unsaturated/α-hetero) is 1. The van der Waals surface area contributed by atoms with E-state index in [4.69, 9.17) is 17.3 Å². The lowest BCUT2D eigenvalue weighted by atomic mass is 10.0. The number of carbonyl (C=O) groups excluding carboxylic acids is 1. The number of ketones is 1. The van der Waals surface area contributed by atoms with Crippen LogP contribution in [0.3, 0.4) is 0 Å². The van der Waals surface area contributed by atoms with Crippen molar-refractivity contribution >= 4 is 29.1 Å². The summed E-state index contributed by atoms with van der Waals surface area (Å²) >= 11 is 1.54. The molecule has 0 bridgehead atoms. The maximum absolute atomic E-state index is 11.8. The van der Waals surface area contributed by atoms with Gasteiger partial charge in [-0.2, -0.15) is 5.26 Å². The number of carbonyl (C=O) groups is 1.